The van der Waals surface area contributed by atoms with Gasteiger partial charge in [-0.25, -0.2) is 0 Å². The van der Waals surface area contributed by atoms with Crippen molar-refractivity contribution in [3.05, 3.63) is 23.8 Å². The van der Waals surface area contributed by atoms with E-state index < -0.39 is 0 Å². The molecule has 1 saturated heterocycles. The molecule has 1 aliphatic rings. The van der Waals surface area contributed by atoms with E-state index in [9.17, 15) is 15.0 Å². The maximum atomic E-state index is 12.4. The lowest BCUT2D eigenvalue weighted by Gasteiger charge is -2.35. The summed E-state index contributed by atoms with van der Waals surface area (Å²) < 4.78 is 0. The molecule has 5 nitrogen and oxygen atoms in total. The number of phenolic OH excluding ortho intramolecular Hbond substituents is 2. The third-order valence-electron chi connectivity index (χ3n) is 3.50. The van der Waals surface area contributed by atoms with E-state index in [0.29, 0.717) is 13.0 Å². The van der Waals surface area contributed by atoms with Gasteiger partial charge in [0.25, 0.3) is 5.91 Å². The minimum absolute atomic E-state index is 0.0377. The molecule has 0 aliphatic carbocycles. The van der Waals surface area contributed by atoms with Crippen LogP contribution in [0.1, 0.15) is 36.0 Å². The van der Waals surface area contributed by atoms with E-state index in [-0.39, 0.29) is 35.6 Å². The lowest BCUT2D eigenvalue weighted by molar-refractivity contribution is 0.0574. The molecule has 1 amide bonds. The second-order valence-electron chi connectivity index (χ2n) is 4.90. The van der Waals surface area contributed by atoms with Gasteiger partial charge in [0.05, 0.1) is 0 Å². The van der Waals surface area contributed by atoms with Gasteiger partial charge in [-0.1, -0.05) is 0 Å². The van der Waals surface area contributed by atoms with Gasteiger partial charge < -0.3 is 20.2 Å². The first-order chi connectivity index (χ1) is 9.11. The van der Waals surface area contributed by atoms with Gasteiger partial charge in [-0.05, 0) is 37.8 Å². The molecule has 5 heteroatoms. The third-order valence-corrected chi connectivity index (χ3v) is 3.50. The van der Waals surface area contributed by atoms with Gasteiger partial charge in [-0.3, -0.25) is 4.79 Å². The van der Waals surface area contributed by atoms with Crippen molar-refractivity contribution in [2.45, 2.75) is 31.7 Å². The van der Waals surface area contributed by atoms with E-state index in [1.54, 1.807) is 4.90 Å². The molecule has 0 saturated carbocycles. The van der Waals surface area contributed by atoms with Crippen LogP contribution in [0.4, 0.5) is 0 Å². The van der Waals surface area contributed by atoms with Gasteiger partial charge in [-0.2, -0.15) is 0 Å². The number of carbonyl (C=O) groups is 1. The highest BCUT2D eigenvalue weighted by Gasteiger charge is 2.27. The fourth-order valence-corrected chi connectivity index (χ4v) is 2.60. The number of piperidine rings is 1. The van der Waals surface area contributed by atoms with E-state index in [1.165, 1.54) is 18.2 Å². The van der Waals surface area contributed by atoms with Gasteiger partial charge in [0.15, 0.2) is 0 Å². The van der Waals surface area contributed by atoms with Crippen molar-refractivity contribution in [3.63, 3.8) is 0 Å². The molecule has 1 aliphatic heterocycles. The van der Waals surface area contributed by atoms with Crippen LogP contribution < -0.4 is 0 Å². The number of hydrogen-bond acceptors (Lipinski definition) is 4. The normalized spacial score (nSPS) is 19.4. The number of amides is 1. The van der Waals surface area contributed by atoms with Crippen molar-refractivity contribution >= 4 is 5.91 Å². The SMILES string of the molecule is O=C(c1cc(O)cc(O)c1)N1CCCCC1CCO. The summed E-state index contributed by atoms with van der Waals surface area (Å²) in [6.07, 6.45) is 3.45. The van der Waals surface area contributed by atoms with Gasteiger partial charge in [0.1, 0.15) is 11.5 Å². The van der Waals surface area contributed by atoms with Crippen molar-refractivity contribution in [1.29, 1.82) is 0 Å². The number of hydrogen-bond donors (Lipinski definition) is 3. The molecule has 1 unspecified atom stereocenters. The lowest BCUT2D eigenvalue weighted by Crippen LogP contribution is -2.44. The number of nitrogens with zero attached hydrogens (tertiary/aromatic N) is 1. The Balaban J connectivity index is 2.20. The zero-order valence-electron chi connectivity index (χ0n) is 10.7. The van der Waals surface area contributed by atoms with Crippen molar-refractivity contribution in [2.75, 3.05) is 13.2 Å². The van der Waals surface area contributed by atoms with E-state index in [1.807, 2.05) is 0 Å². The summed E-state index contributed by atoms with van der Waals surface area (Å²) in [6.45, 7) is 0.708. The van der Waals surface area contributed by atoms with E-state index in [2.05, 4.69) is 0 Å². The van der Waals surface area contributed by atoms with E-state index in [0.717, 1.165) is 19.3 Å². The summed E-state index contributed by atoms with van der Waals surface area (Å²) in [4.78, 5) is 14.1. The number of phenols is 2. The first-order valence-electron chi connectivity index (χ1n) is 6.56. The zero-order chi connectivity index (χ0) is 13.8. The molecule has 1 aromatic rings. The number of likely N-dealkylation sites (tertiary alicyclic amines) is 1. The zero-order valence-corrected chi connectivity index (χ0v) is 10.7. The summed E-state index contributed by atoms with van der Waals surface area (Å²) in [5.41, 5.74) is 0.280. The van der Waals surface area contributed by atoms with Crippen LogP contribution in [-0.2, 0) is 0 Å². The van der Waals surface area contributed by atoms with Crippen molar-refractivity contribution in [1.82, 2.24) is 4.90 Å². The predicted molar refractivity (Wildman–Crippen MR) is 70.1 cm³/mol. The maximum Gasteiger partial charge on any atom is 0.254 e. The Morgan fingerprint density at radius 3 is 2.53 bits per heavy atom. The summed E-state index contributed by atoms with van der Waals surface area (Å²) >= 11 is 0. The largest absolute Gasteiger partial charge is 0.508 e. The number of aromatic hydroxyl groups is 2. The van der Waals surface area contributed by atoms with Crippen LogP contribution >= 0.6 is 0 Å². The molecule has 0 bridgehead atoms. The Bertz CT molecular complexity index is 439. The van der Waals surface area contributed by atoms with Gasteiger partial charge >= 0.3 is 0 Å². The molecular weight excluding hydrogens is 246 g/mol. The molecule has 1 heterocycles. The first-order valence-corrected chi connectivity index (χ1v) is 6.56. The highest BCUT2D eigenvalue weighted by Crippen LogP contribution is 2.25. The highest BCUT2D eigenvalue weighted by atomic mass is 16.3. The first kappa shape index (κ1) is 13.7. The fraction of sp³-hybridized carbons (Fsp3) is 0.500. The third kappa shape index (κ3) is 3.17. The van der Waals surface area contributed by atoms with Gasteiger partial charge in [0.2, 0.25) is 0 Å². The average Bonchev–Trinajstić information content (AvgIpc) is 2.38. The van der Waals surface area contributed by atoms with Crippen molar-refractivity contribution in [3.8, 4) is 11.5 Å². The van der Waals surface area contributed by atoms with Crippen LogP contribution in [0.3, 0.4) is 0 Å². The molecule has 1 atom stereocenters. The minimum Gasteiger partial charge on any atom is -0.508 e. The molecular formula is C14H19NO4. The molecule has 104 valence electrons. The van der Waals surface area contributed by atoms with E-state index >= 15 is 0 Å². The Morgan fingerprint density at radius 1 is 1.21 bits per heavy atom. The second kappa shape index (κ2) is 5.93. The fourth-order valence-electron chi connectivity index (χ4n) is 2.60. The smallest absolute Gasteiger partial charge is 0.254 e. The molecule has 2 rings (SSSR count). The predicted octanol–water partition coefficient (Wildman–Crippen LogP) is 1.47. The molecule has 3 N–H and O–H groups in total. The Labute approximate surface area is 112 Å². The van der Waals surface area contributed by atoms with Crippen LogP contribution in [0, 0.1) is 0 Å². The van der Waals surface area contributed by atoms with Crippen LogP contribution in [-0.4, -0.2) is 45.3 Å². The lowest BCUT2D eigenvalue weighted by atomic mass is 9.98. The molecule has 0 spiro atoms. The number of benzene rings is 1. The van der Waals surface area contributed by atoms with Gasteiger partial charge in [-0.15, -0.1) is 0 Å². The quantitative estimate of drug-likeness (QED) is 0.773. The maximum absolute atomic E-state index is 12.4. The standard InChI is InChI=1S/C14H19NO4/c16-6-4-11-3-1-2-5-15(11)14(19)10-7-12(17)9-13(18)8-10/h7-9,11,16-18H,1-6H2. The summed E-state index contributed by atoms with van der Waals surface area (Å²) in [6, 6.07) is 3.94. The summed E-state index contributed by atoms with van der Waals surface area (Å²) in [5.74, 6) is -0.456. The van der Waals surface area contributed by atoms with Crippen molar-refractivity contribution < 1.29 is 20.1 Å². The monoisotopic (exact) mass is 265 g/mol. The minimum atomic E-state index is -0.204. The molecule has 0 radical (unpaired) electrons. The second-order valence-corrected chi connectivity index (χ2v) is 4.90. The molecule has 19 heavy (non-hydrogen) atoms. The molecule has 0 aromatic heterocycles. The topological polar surface area (TPSA) is 81.0 Å². The number of aliphatic hydroxyl groups excluding tert-OH is 1. The molecule has 1 aromatic carbocycles. The van der Waals surface area contributed by atoms with Crippen LogP contribution in [0.15, 0.2) is 18.2 Å². The van der Waals surface area contributed by atoms with Crippen LogP contribution in [0.2, 0.25) is 0 Å². The molecule has 1 fully saturated rings. The van der Waals surface area contributed by atoms with Crippen LogP contribution in [0.5, 0.6) is 11.5 Å². The Morgan fingerprint density at radius 2 is 1.89 bits per heavy atom. The Kier molecular flexibility index (Phi) is 4.27. The summed E-state index contributed by atoms with van der Waals surface area (Å²) in [7, 11) is 0. The van der Waals surface area contributed by atoms with Crippen molar-refractivity contribution in [2.24, 2.45) is 0 Å². The number of rotatable bonds is 3. The number of carbonyl (C=O) groups excluding carboxylic acids is 1. The summed E-state index contributed by atoms with van der Waals surface area (Å²) in [5, 5.41) is 27.9. The van der Waals surface area contributed by atoms with Crippen LogP contribution in [0.25, 0.3) is 0 Å². The average molecular weight is 265 g/mol. The number of aliphatic hydroxyl groups is 1. The highest BCUT2D eigenvalue weighted by molar-refractivity contribution is 5.95. The van der Waals surface area contributed by atoms with Gasteiger partial charge in [0, 0.05) is 30.8 Å². The Hall–Kier alpha value is -1.75. The van der Waals surface area contributed by atoms with E-state index in [4.69, 9.17) is 5.11 Å².